The summed E-state index contributed by atoms with van der Waals surface area (Å²) in [6.45, 7) is 6.15. The molecule has 0 unspecified atom stereocenters. The van der Waals surface area contributed by atoms with Gasteiger partial charge in [-0.1, -0.05) is 17.7 Å². The normalized spacial score (nSPS) is 10.7. The Hall–Kier alpha value is -3.35. The summed E-state index contributed by atoms with van der Waals surface area (Å²) >= 11 is 0. The summed E-state index contributed by atoms with van der Waals surface area (Å²) in [6.07, 6.45) is 1.52. The number of aromatic hydroxyl groups is 1. The van der Waals surface area contributed by atoms with Crippen LogP contribution in [-0.2, 0) is 9.59 Å². The standard InChI is InChI=1S/C21H25N3O4/c1-4-28-19-12-16(6-8-18(19)25)13-22-24-21(27)10-9-20(26)23-17-7-5-14(2)11-15(17)3/h5-8,11-13,25H,4,9-10H2,1-3H3,(H,23,26)(H,24,27)/b22-13-. The number of hydrogen-bond donors (Lipinski definition) is 3. The number of nitrogens with one attached hydrogen (secondary N) is 2. The Bertz CT molecular complexity index is 878. The van der Waals surface area contributed by atoms with Crippen LogP contribution in [0.4, 0.5) is 5.69 Å². The quantitative estimate of drug-likeness (QED) is 0.481. The van der Waals surface area contributed by atoms with E-state index in [1.54, 1.807) is 12.1 Å². The van der Waals surface area contributed by atoms with E-state index in [2.05, 4.69) is 15.8 Å². The fourth-order valence-corrected chi connectivity index (χ4v) is 2.51. The van der Waals surface area contributed by atoms with Crippen molar-refractivity contribution in [2.45, 2.75) is 33.6 Å². The maximum atomic E-state index is 12.0. The Balaban J connectivity index is 1.80. The summed E-state index contributed by atoms with van der Waals surface area (Å²) in [5.74, 6) is -0.208. The summed E-state index contributed by atoms with van der Waals surface area (Å²) in [4.78, 5) is 23.9. The molecule has 28 heavy (non-hydrogen) atoms. The van der Waals surface area contributed by atoms with Gasteiger partial charge in [0.1, 0.15) is 0 Å². The van der Waals surface area contributed by atoms with E-state index in [1.165, 1.54) is 12.3 Å². The summed E-state index contributed by atoms with van der Waals surface area (Å²) in [5.41, 5.74) is 5.88. The van der Waals surface area contributed by atoms with Crippen LogP contribution >= 0.6 is 0 Å². The van der Waals surface area contributed by atoms with E-state index in [0.29, 0.717) is 17.9 Å². The molecule has 7 nitrogen and oxygen atoms in total. The van der Waals surface area contributed by atoms with Crippen LogP contribution < -0.4 is 15.5 Å². The molecule has 0 saturated carbocycles. The number of rotatable bonds is 8. The molecule has 0 aliphatic rings. The third-order valence-electron chi connectivity index (χ3n) is 3.92. The molecule has 2 aromatic carbocycles. The minimum atomic E-state index is -0.365. The van der Waals surface area contributed by atoms with E-state index in [0.717, 1.165) is 16.8 Å². The highest BCUT2D eigenvalue weighted by Crippen LogP contribution is 2.26. The molecule has 3 N–H and O–H groups in total. The third-order valence-corrected chi connectivity index (χ3v) is 3.92. The van der Waals surface area contributed by atoms with E-state index in [1.807, 2.05) is 39.0 Å². The molecule has 2 amide bonds. The minimum absolute atomic E-state index is 0.0217. The van der Waals surface area contributed by atoms with Gasteiger partial charge >= 0.3 is 0 Å². The number of anilines is 1. The average molecular weight is 383 g/mol. The van der Waals surface area contributed by atoms with Crippen LogP contribution in [0.5, 0.6) is 11.5 Å². The molecule has 0 atom stereocenters. The van der Waals surface area contributed by atoms with Gasteiger partial charge in [0.15, 0.2) is 11.5 Å². The van der Waals surface area contributed by atoms with Gasteiger partial charge in [0, 0.05) is 18.5 Å². The molecular weight excluding hydrogens is 358 g/mol. The summed E-state index contributed by atoms with van der Waals surface area (Å²) in [7, 11) is 0. The van der Waals surface area contributed by atoms with Crippen LogP contribution in [0.15, 0.2) is 41.5 Å². The molecular formula is C21H25N3O4. The van der Waals surface area contributed by atoms with Crippen molar-refractivity contribution in [3.05, 3.63) is 53.1 Å². The van der Waals surface area contributed by atoms with Gasteiger partial charge in [-0.25, -0.2) is 5.43 Å². The van der Waals surface area contributed by atoms with Crippen molar-refractivity contribution in [2.24, 2.45) is 5.10 Å². The smallest absolute Gasteiger partial charge is 0.240 e. The van der Waals surface area contributed by atoms with Crippen LogP contribution in [-0.4, -0.2) is 29.7 Å². The molecule has 0 aliphatic carbocycles. The third kappa shape index (κ3) is 6.42. The molecule has 0 fully saturated rings. The van der Waals surface area contributed by atoms with E-state index in [4.69, 9.17) is 4.74 Å². The molecule has 0 aromatic heterocycles. The highest BCUT2D eigenvalue weighted by Gasteiger charge is 2.08. The van der Waals surface area contributed by atoms with Crippen LogP contribution in [0.3, 0.4) is 0 Å². The molecule has 0 heterocycles. The average Bonchev–Trinajstić information content (AvgIpc) is 2.65. The highest BCUT2D eigenvalue weighted by molar-refractivity contribution is 5.94. The zero-order valence-corrected chi connectivity index (χ0v) is 16.3. The van der Waals surface area contributed by atoms with E-state index < -0.39 is 0 Å². The van der Waals surface area contributed by atoms with Crippen LogP contribution in [0.2, 0.25) is 0 Å². The first-order valence-corrected chi connectivity index (χ1v) is 9.04. The van der Waals surface area contributed by atoms with E-state index in [9.17, 15) is 14.7 Å². The lowest BCUT2D eigenvalue weighted by Gasteiger charge is -2.08. The fourth-order valence-electron chi connectivity index (χ4n) is 2.51. The Morgan fingerprint density at radius 3 is 2.57 bits per heavy atom. The number of benzene rings is 2. The molecule has 0 radical (unpaired) electrons. The molecule has 0 spiro atoms. The van der Waals surface area contributed by atoms with Crippen molar-refractivity contribution in [3.8, 4) is 11.5 Å². The Morgan fingerprint density at radius 1 is 1.11 bits per heavy atom. The number of ether oxygens (including phenoxy) is 1. The molecule has 2 rings (SSSR count). The first-order valence-electron chi connectivity index (χ1n) is 9.04. The van der Waals surface area contributed by atoms with Gasteiger partial charge < -0.3 is 15.2 Å². The van der Waals surface area contributed by atoms with Gasteiger partial charge in [0.2, 0.25) is 11.8 Å². The number of phenols is 1. The Labute approximate surface area is 164 Å². The highest BCUT2D eigenvalue weighted by atomic mass is 16.5. The van der Waals surface area contributed by atoms with Crippen molar-refractivity contribution in [3.63, 3.8) is 0 Å². The molecule has 0 bridgehead atoms. The number of hydrogen-bond acceptors (Lipinski definition) is 5. The predicted octanol–water partition coefficient (Wildman–Crippen LogP) is 3.28. The maximum Gasteiger partial charge on any atom is 0.240 e. The summed E-state index contributed by atoms with van der Waals surface area (Å²) in [5, 5.41) is 16.3. The Morgan fingerprint density at radius 2 is 1.86 bits per heavy atom. The number of carbonyl (C=O) groups excluding carboxylic acids is 2. The van der Waals surface area contributed by atoms with Crippen molar-refractivity contribution in [1.29, 1.82) is 0 Å². The lowest BCUT2D eigenvalue weighted by atomic mass is 10.1. The van der Waals surface area contributed by atoms with Crippen molar-refractivity contribution in [2.75, 3.05) is 11.9 Å². The van der Waals surface area contributed by atoms with Crippen LogP contribution in [0.25, 0.3) is 0 Å². The summed E-state index contributed by atoms with van der Waals surface area (Å²) in [6, 6.07) is 10.5. The predicted molar refractivity (Wildman–Crippen MR) is 109 cm³/mol. The van der Waals surface area contributed by atoms with Gasteiger partial charge in [-0.15, -0.1) is 0 Å². The van der Waals surface area contributed by atoms with Gasteiger partial charge in [-0.3, -0.25) is 9.59 Å². The molecule has 0 saturated heterocycles. The lowest BCUT2D eigenvalue weighted by molar-refractivity contribution is -0.124. The number of aryl methyl sites for hydroxylation is 2. The fraction of sp³-hybridized carbons (Fsp3) is 0.286. The molecule has 148 valence electrons. The second kappa shape index (κ2) is 10.1. The SMILES string of the molecule is CCOc1cc(/C=N\NC(=O)CCC(=O)Nc2ccc(C)cc2C)ccc1O. The van der Waals surface area contributed by atoms with Crippen LogP contribution in [0, 0.1) is 13.8 Å². The molecule has 0 aliphatic heterocycles. The van der Waals surface area contributed by atoms with Crippen molar-refractivity contribution in [1.82, 2.24) is 5.43 Å². The van der Waals surface area contributed by atoms with Gasteiger partial charge in [0.05, 0.1) is 12.8 Å². The van der Waals surface area contributed by atoms with E-state index >= 15 is 0 Å². The summed E-state index contributed by atoms with van der Waals surface area (Å²) < 4.78 is 5.29. The second-order valence-electron chi connectivity index (χ2n) is 6.32. The van der Waals surface area contributed by atoms with Crippen molar-refractivity contribution >= 4 is 23.7 Å². The zero-order chi connectivity index (χ0) is 20.5. The van der Waals surface area contributed by atoms with E-state index in [-0.39, 0.29) is 30.4 Å². The number of hydrazone groups is 1. The second-order valence-corrected chi connectivity index (χ2v) is 6.32. The topological polar surface area (TPSA) is 100 Å². The lowest BCUT2D eigenvalue weighted by Crippen LogP contribution is -2.20. The first kappa shape index (κ1) is 21.0. The van der Waals surface area contributed by atoms with Gasteiger partial charge in [0.25, 0.3) is 0 Å². The number of carbonyl (C=O) groups is 2. The monoisotopic (exact) mass is 383 g/mol. The first-order chi connectivity index (χ1) is 13.4. The number of nitrogens with zero attached hydrogens (tertiary/aromatic N) is 1. The van der Waals surface area contributed by atoms with Gasteiger partial charge in [-0.05, 0) is 56.2 Å². The van der Waals surface area contributed by atoms with Gasteiger partial charge in [-0.2, -0.15) is 5.10 Å². The minimum Gasteiger partial charge on any atom is -0.504 e. The molecule has 2 aromatic rings. The number of amides is 2. The van der Waals surface area contributed by atoms with Crippen molar-refractivity contribution < 1.29 is 19.4 Å². The zero-order valence-electron chi connectivity index (χ0n) is 16.3. The maximum absolute atomic E-state index is 12.0. The van der Waals surface area contributed by atoms with Crippen LogP contribution in [0.1, 0.15) is 36.5 Å². The number of phenolic OH excluding ortho intramolecular Hbond substituents is 1. The Kier molecular flexibility index (Phi) is 7.56. The largest absolute Gasteiger partial charge is 0.504 e. The molecule has 7 heteroatoms.